The number of fused-ring (bicyclic) bond motifs is 2. The lowest BCUT2D eigenvalue weighted by Crippen LogP contribution is -2.03. The zero-order valence-corrected chi connectivity index (χ0v) is 12.2. The molecule has 0 atom stereocenters. The molecule has 0 spiro atoms. The van der Waals surface area contributed by atoms with E-state index in [2.05, 4.69) is 15.3 Å². The predicted octanol–water partition coefficient (Wildman–Crippen LogP) is 3.26. The fraction of sp³-hybridized carbons (Fsp3) is 0.133. The van der Waals surface area contributed by atoms with Gasteiger partial charge in [-0.15, -0.1) is 0 Å². The Hall–Kier alpha value is -2.34. The second-order valence-electron chi connectivity index (χ2n) is 4.28. The smallest absolute Gasteiger partial charge is 0.330 e. The molecule has 1 aliphatic heterocycles. The van der Waals surface area contributed by atoms with E-state index < -0.39 is 0 Å². The van der Waals surface area contributed by atoms with Crippen LogP contribution in [0.3, 0.4) is 0 Å². The molecule has 1 aromatic carbocycles. The number of ether oxygens (including phenoxy) is 1. The largest absolute Gasteiger partial charge is 0.463 e. The van der Waals surface area contributed by atoms with Gasteiger partial charge in [0.25, 0.3) is 0 Å². The minimum absolute atomic E-state index is 0.339. The first kappa shape index (κ1) is 13.6. The third-order valence-corrected chi connectivity index (χ3v) is 3.89. The molecule has 0 unspecified atom stereocenters. The number of carbonyl (C=O) groups is 1. The highest BCUT2D eigenvalue weighted by molar-refractivity contribution is 7.99. The van der Waals surface area contributed by atoms with E-state index in [0.29, 0.717) is 6.61 Å². The van der Waals surface area contributed by atoms with Gasteiger partial charge in [-0.05, 0) is 30.7 Å². The Kier molecular flexibility index (Phi) is 3.87. The van der Waals surface area contributed by atoms with E-state index in [9.17, 15) is 4.79 Å². The van der Waals surface area contributed by atoms with E-state index >= 15 is 0 Å². The molecule has 0 radical (unpaired) electrons. The standard InChI is InChI=1S/C15H13N3O2S/c1-2-20-13(19)6-4-10-3-5-12-11(9-10)18-14-15(21-12)17-8-7-16-14/h3-9H,2H2,1H3,(H,16,18). The van der Waals surface area contributed by atoms with Gasteiger partial charge in [-0.3, -0.25) is 0 Å². The van der Waals surface area contributed by atoms with Crippen molar-refractivity contribution in [3.05, 3.63) is 42.2 Å². The van der Waals surface area contributed by atoms with Crippen molar-refractivity contribution in [2.24, 2.45) is 0 Å². The number of carbonyl (C=O) groups excluding carboxylic acids is 1. The number of hydrogen-bond donors (Lipinski definition) is 1. The number of anilines is 2. The predicted molar refractivity (Wildman–Crippen MR) is 81.5 cm³/mol. The van der Waals surface area contributed by atoms with E-state index in [1.807, 2.05) is 18.2 Å². The summed E-state index contributed by atoms with van der Waals surface area (Å²) in [4.78, 5) is 20.9. The summed E-state index contributed by atoms with van der Waals surface area (Å²) < 4.78 is 4.86. The summed E-state index contributed by atoms with van der Waals surface area (Å²) in [6.45, 7) is 2.16. The van der Waals surface area contributed by atoms with Gasteiger partial charge in [0.05, 0.1) is 12.3 Å². The monoisotopic (exact) mass is 299 g/mol. The summed E-state index contributed by atoms with van der Waals surface area (Å²) >= 11 is 1.57. The first-order valence-corrected chi connectivity index (χ1v) is 7.32. The Morgan fingerprint density at radius 1 is 1.38 bits per heavy atom. The fourth-order valence-corrected chi connectivity index (χ4v) is 2.79. The topological polar surface area (TPSA) is 64.1 Å². The molecule has 2 heterocycles. The lowest BCUT2D eigenvalue weighted by molar-refractivity contribution is -0.137. The van der Waals surface area contributed by atoms with Gasteiger partial charge in [0.15, 0.2) is 5.82 Å². The van der Waals surface area contributed by atoms with E-state index in [-0.39, 0.29) is 5.97 Å². The molecule has 0 bridgehead atoms. The van der Waals surface area contributed by atoms with Crippen molar-refractivity contribution < 1.29 is 9.53 Å². The summed E-state index contributed by atoms with van der Waals surface area (Å²) in [5.74, 6) is 0.412. The molecule has 21 heavy (non-hydrogen) atoms. The minimum atomic E-state index is -0.339. The second-order valence-corrected chi connectivity index (χ2v) is 5.31. The van der Waals surface area contributed by atoms with Gasteiger partial charge in [-0.25, -0.2) is 14.8 Å². The van der Waals surface area contributed by atoms with Crippen LogP contribution >= 0.6 is 11.8 Å². The molecule has 0 saturated heterocycles. The number of nitrogens with one attached hydrogen (secondary N) is 1. The SMILES string of the molecule is CCOC(=O)C=Cc1ccc2c(c1)Nc1nccnc1S2. The molecule has 0 aliphatic carbocycles. The van der Waals surface area contributed by atoms with Gasteiger partial charge in [0.2, 0.25) is 0 Å². The van der Waals surface area contributed by atoms with Gasteiger partial charge in [0.1, 0.15) is 5.03 Å². The van der Waals surface area contributed by atoms with Gasteiger partial charge >= 0.3 is 5.97 Å². The lowest BCUT2D eigenvalue weighted by atomic mass is 10.2. The van der Waals surface area contributed by atoms with Crippen molar-refractivity contribution in [2.75, 3.05) is 11.9 Å². The van der Waals surface area contributed by atoms with Gasteiger partial charge < -0.3 is 10.1 Å². The minimum Gasteiger partial charge on any atom is -0.463 e. The van der Waals surface area contributed by atoms with Crippen LogP contribution in [-0.4, -0.2) is 22.5 Å². The molecule has 6 heteroatoms. The zero-order chi connectivity index (χ0) is 14.7. The molecule has 1 aliphatic rings. The molecule has 3 rings (SSSR count). The third kappa shape index (κ3) is 3.05. The fourth-order valence-electron chi connectivity index (χ4n) is 1.91. The van der Waals surface area contributed by atoms with E-state index in [0.717, 1.165) is 27.0 Å². The quantitative estimate of drug-likeness (QED) is 0.591. The highest BCUT2D eigenvalue weighted by atomic mass is 32.2. The average Bonchev–Trinajstić information content (AvgIpc) is 2.51. The van der Waals surface area contributed by atoms with E-state index in [1.54, 1.807) is 37.2 Å². The van der Waals surface area contributed by atoms with Crippen LogP contribution in [0.1, 0.15) is 12.5 Å². The first-order valence-electron chi connectivity index (χ1n) is 6.51. The van der Waals surface area contributed by atoms with Crippen LogP contribution in [0.15, 0.2) is 46.6 Å². The summed E-state index contributed by atoms with van der Waals surface area (Å²) in [5, 5.41) is 4.11. The molecule has 0 saturated carbocycles. The van der Waals surface area contributed by atoms with Crippen molar-refractivity contribution in [3.8, 4) is 0 Å². The van der Waals surface area contributed by atoms with Crippen LogP contribution in [0.4, 0.5) is 11.5 Å². The van der Waals surface area contributed by atoms with Crippen LogP contribution in [-0.2, 0) is 9.53 Å². The molecular formula is C15H13N3O2S. The van der Waals surface area contributed by atoms with Gasteiger partial charge in [0, 0.05) is 23.4 Å². The maximum atomic E-state index is 11.3. The van der Waals surface area contributed by atoms with Crippen molar-refractivity contribution in [1.29, 1.82) is 0 Å². The van der Waals surface area contributed by atoms with Crippen molar-refractivity contribution in [1.82, 2.24) is 9.97 Å². The Labute approximate surface area is 126 Å². The molecule has 2 aromatic rings. The number of aromatic nitrogens is 2. The van der Waals surface area contributed by atoms with E-state index in [1.165, 1.54) is 6.08 Å². The van der Waals surface area contributed by atoms with Crippen LogP contribution < -0.4 is 5.32 Å². The molecule has 1 N–H and O–H groups in total. The lowest BCUT2D eigenvalue weighted by Gasteiger charge is -2.18. The van der Waals surface area contributed by atoms with Crippen molar-refractivity contribution >= 4 is 35.3 Å². The number of nitrogens with zero attached hydrogens (tertiary/aromatic N) is 2. The molecule has 1 aromatic heterocycles. The summed E-state index contributed by atoms with van der Waals surface area (Å²) in [6.07, 6.45) is 6.49. The Morgan fingerprint density at radius 3 is 3.10 bits per heavy atom. The highest BCUT2D eigenvalue weighted by Gasteiger charge is 2.17. The maximum absolute atomic E-state index is 11.3. The van der Waals surface area contributed by atoms with Crippen LogP contribution in [0.25, 0.3) is 6.08 Å². The molecule has 0 fully saturated rings. The number of esters is 1. The first-order chi connectivity index (χ1) is 10.3. The summed E-state index contributed by atoms with van der Waals surface area (Å²) in [6, 6.07) is 5.91. The normalized spacial score (nSPS) is 12.4. The van der Waals surface area contributed by atoms with Gasteiger partial charge in [-0.1, -0.05) is 17.8 Å². The zero-order valence-electron chi connectivity index (χ0n) is 11.4. The highest BCUT2D eigenvalue weighted by Crippen LogP contribution is 2.42. The van der Waals surface area contributed by atoms with Crippen LogP contribution in [0, 0.1) is 0 Å². The summed E-state index contributed by atoms with van der Waals surface area (Å²) in [7, 11) is 0. The number of benzene rings is 1. The Balaban J connectivity index is 1.82. The van der Waals surface area contributed by atoms with Gasteiger partial charge in [-0.2, -0.15) is 0 Å². The van der Waals surface area contributed by atoms with Crippen molar-refractivity contribution in [3.63, 3.8) is 0 Å². The Morgan fingerprint density at radius 2 is 2.24 bits per heavy atom. The van der Waals surface area contributed by atoms with Crippen LogP contribution in [0.5, 0.6) is 0 Å². The molecule has 0 amide bonds. The Bertz CT molecular complexity index is 716. The molecular weight excluding hydrogens is 286 g/mol. The molecule has 106 valence electrons. The van der Waals surface area contributed by atoms with Crippen molar-refractivity contribution in [2.45, 2.75) is 16.8 Å². The third-order valence-electron chi connectivity index (χ3n) is 2.83. The van der Waals surface area contributed by atoms with Crippen LogP contribution in [0.2, 0.25) is 0 Å². The van der Waals surface area contributed by atoms with E-state index in [4.69, 9.17) is 4.74 Å². The molecule has 5 nitrogen and oxygen atoms in total. The number of rotatable bonds is 3. The number of hydrogen-bond acceptors (Lipinski definition) is 6. The maximum Gasteiger partial charge on any atom is 0.330 e. The average molecular weight is 299 g/mol. The summed E-state index contributed by atoms with van der Waals surface area (Å²) in [5.41, 5.74) is 1.88. The second kappa shape index (κ2) is 5.97.